The molecule has 6 heteroatoms. The van der Waals surface area contributed by atoms with Gasteiger partial charge in [-0.3, -0.25) is 9.69 Å². The van der Waals surface area contributed by atoms with E-state index in [4.69, 9.17) is 13.7 Å². The molecule has 0 aliphatic carbocycles. The Balaban J connectivity index is 2.88. The Bertz CT molecular complexity index is 910. The van der Waals surface area contributed by atoms with Crippen molar-refractivity contribution in [3.63, 3.8) is 0 Å². The van der Waals surface area contributed by atoms with Crippen LogP contribution in [0.2, 0.25) is 1.41 Å². The molecule has 1 atom stereocenters. The minimum absolute atomic E-state index is 0.210. The average molecular weight is 338 g/mol. The number of carbonyl (C=O) groups is 1. The molecule has 23 heavy (non-hydrogen) atoms. The van der Waals surface area contributed by atoms with Gasteiger partial charge in [-0.25, -0.2) is 0 Å². The second-order valence-corrected chi connectivity index (χ2v) is 5.43. The fourth-order valence-electron chi connectivity index (χ4n) is 1.84. The maximum atomic E-state index is 13.0. The van der Waals surface area contributed by atoms with Crippen LogP contribution in [0.5, 0.6) is 0 Å². The van der Waals surface area contributed by atoms with E-state index < -0.39 is 61.1 Å². The van der Waals surface area contributed by atoms with E-state index in [-0.39, 0.29) is 10.5 Å². The molecule has 1 saturated heterocycles. The predicted octanol–water partition coefficient (Wildman–Crippen LogP) is 3.36. The van der Waals surface area contributed by atoms with E-state index in [1.54, 1.807) is 6.07 Å². The highest BCUT2D eigenvalue weighted by molar-refractivity contribution is 5.81. The van der Waals surface area contributed by atoms with Gasteiger partial charge in [0.2, 0.25) is 0 Å². The zero-order chi connectivity index (χ0) is 26.1. The molecule has 1 N–H and O–H groups in total. The first-order chi connectivity index (χ1) is 14.5. The zero-order valence-corrected chi connectivity index (χ0v) is 12.5. The topological polar surface area (TPSA) is 32.3 Å². The highest BCUT2D eigenvalue weighted by Gasteiger charge is 2.40. The quantitative estimate of drug-likeness (QED) is 0.913. The maximum absolute atomic E-state index is 13.0. The lowest BCUT2D eigenvalue weighted by atomic mass is 9.81. The molecule has 1 aromatic rings. The third-order valence-electron chi connectivity index (χ3n) is 2.87. The van der Waals surface area contributed by atoms with E-state index in [1.807, 2.05) is 0 Å². The normalized spacial score (nSPS) is 38.7. The van der Waals surface area contributed by atoms with Crippen LogP contribution in [0.1, 0.15) is 44.5 Å². The van der Waals surface area contributed by atoms with Crippen molar-refractivity contribution in [2.75, 3.05) is 13.0 Å². The van der Waals surface area contributed by atoms with Crippen LogP contribution in [0.25, 0.3) is 0 Å². The van der Waals surface area contributed by atoms with Crippen molar-refractivity contribution in [1.82, 2.24) is 10.2 Å². The van der Waals surface area contributed by atoms with Gasteiger partial charge in [-0.15, -0.1) is 0 Å². The van der Waals surface area contributed by atoms with Gasteiger partial charge in [0.15, 0.2) is 1.41 Å². The summed E-state index contributed by atoms with van der Waals surface area (Å²) in [6.07, 6.45) is -12.8. The van der Waals surface area contributed by atoms with Crippen LogP contribution in [-0.2, 0) is 11.3 Å². The van der Waals surface area contributed by atoms with Crippen molar-refractivity contribution in [2.45, 2.75) is 45.3 Å². The molecule has 2 rings (SSSR count). The lowest BCUT2D eigenvalue weighted by Crippen LogP contribution is -2.52. The third-order valence-corrected chi connectivity index (χ3v) is 2.87. The number of hydrogen-bond donors (Lipinski definition) is 1. The van der Waals surface area contributed by atoms with Gasteiger partial charge in [0.25, 0.3) is 0 Å². The van der Waals surface area contributed by atoms with Crippen molar-refractivity contribution < 1.29 is 31.7 Å². The Kier molecular flexibility index (Phi) is 2.56. The lowest BCUT2D eigenvalue weighted by Gasteiger charge is -2.44. The summed E-state index contributed by atoms with van der Waals surface area (Å²) in [4.78, 5) is 11.9. The van der Waals surface area contributed by atoms with Gasteiger partial charge in [0.05, 0.1) is 2.74 Å². The molecule has 1 aliphatic rings. The lowest BCUT2D eigenvalue weighted by molar-refractivity contribution is -0.173. The van der Waals surface area contributed by atoms with Crippen molar-refractivity contribution in [1.29, 1.82) is 0 Å². The Labute approximate surface area is 149 Å². The number of halogens is 3. The van der Waals surface area contributed by atoms with Crippen LogP contribution in [0.15, 0.2) is 30.3 Å². The summed E-state index contributed by atoms with van der Waals surface area (Å²) in [5, 5.41) is -1.26. The molecule has 1 heterocycles. The second-order valence-electron chi connectivity index (χ2n) is 5.43. The van der Waals surface area contributed by atoms with E-state index in [1.165, 1.54) is 24.3 Å². The molecule has 1 unspecified atom stereocenters. The second kappa shape index (κ2) is 6.91. The highest BCUT2D eigenvalue weighted by atomic mass is 19.4. The van der Waals surface area contributed by atoms with Crippen LogP contribution in [0.3, 0.4) is 0 Å². The number of nitrogens with zero attached hydrogens (tertiary/aromatic N) is 1. The van der Waals surface area contributed by atoms with Gasteiger partial charge >= 0.3 is 12.1 Å². The smallest absolute Gasteiger partial charge is 0.347 e. The Hall–Kier alpha value is -1.56. The maximum Gasteiger partial charge on any atom is 0.471 e. The number of alkyl halides is 3. The van der Waals surface area contributed by atoms with Crippen molar-refractivity contribution >= 4 is 5.91 Å². The summed E-state index contributed by atoms with van der Waals surface area (Å²) in [6.45, 7) is -5.91. The molecule has 1 fully saturated rings. The average Bonchev–Trinajstić information content (AvgIpc) is 2.68. The zero-order valence-electron chi connectivity index (χ0n) is 22.5. The highest BCUT2D eigenvalue weighted by Crippen LogP contribution is 2.32. The SMILES string of the molecule is [2H]N(C(=O)C(F)(F)F)C([2H])([2H])C1([2H])N(Cc2ccccc2)C([2H])([2H])C(C)(C)C([2H])([2H])C1([2H])[2H]. The molecule has 3 nitrogen and oxygen atoms in total. The Morgan fingerprint density at radius 2 is 2.17 bits per heavy atom. The van der Waals surface area contributed by atoms with Gasteiger partial charge in [0.1, 0.15) is 0 Å². The Morgan fingerprint density at radius 3 is 2.78 bits per heavy atom. The van der Waals surface area contributed by atoms with Crippen LogP contribution in [0.4, 0.5) is 13.2 Å². The van der Waals surface area contributed by atoms with Crippen LogP contribution in [-0.4, -0.2) is 36.0 Å². The summed E-state index contributed by atoms with van der Waals surface area (Å²) >= 11 is 0. The standard InChI is InChI=1S/C17H23F3N2O/c1-16(2)9-8-14(10-21-15(23)17(18,19)20)22(12-16)11-13-6-4-3-5-7-13/h3-7,14H,8-12H2,1-2H3,(H,21,23)/i8D2,9D2,10D2,12D2,14D/hD. The predicted molar refractivity (Wildman–Crippen MR) is 82.7 cm³/mol. The van der Waals surface area contributed by atoms with E-state index in [9.17, 15) is 18.0 Å². The first-order valence-corrected chi connectivity index (χ1v) is 6.75. The molecule has 0 radical (unpaired) electrons. The van der Waals surface area contributed by atoms with Gasteiger partial charge in [-0.1, -0.05) is 44.2 Å². The van der Waals surface area contributed by atoms with Crippen molar-refractivity contribution in [3.05, 3.63) is 35.9 Å². The van der Waals surface area contributed by atoms with E-state index in [2.05, 4.69) is 0 Å². The molecule has 0 spiro atoms. The van der Waals surface area contributed by atoms with Crippen molar-refractivity contribution in [2.24, 2.45) is 5.41 Å². The van der Waals surface area contributed by atoms with E-state index in [0.717, 1.165) is 13.8 Å². The molecular weight excluding hydrogens is 305 g/mol. The monoisotopic (exact) mass is 338 g/mol. The fraction of sp³-hybridized carbons (Fsp3) is 0.588. The van der Waals surface area contributed by atoms with Crippen LogP contribution >= 0.6 is 0 Å². The fourth-order valence-corrected chi connectivity index (χ4v) is 1.84. The number of hydrogen-bond acceptors (Lipinski definition) is 2. The number of benzene rings is 1. The molecule has 1 aromatic carbocycles. The van der Waals surface area contributed by atoms with Crippen LogP contribution in [0, 0.1) is 5.41 Å². The first kappa shape index (κ1) is 8.51. The molecule has 1 amide bonds. The molecule has 128 valence electrons. The Morgan fingerprint density at radius 1 is 1.52 bits per heavy atom. The number of amides is 1. The number of carbonyl (C=O) groups excluding carboxylic acids is 1. The molecule has 1 aliphatic heterocycles. The van der Waals surface area contributed by atoms with Gasteiger partial charge < -0.3 is 5.31 Å². The van der Waals surface area contributed by atoms with Gasteiger partial charge in [0, 0.05) is 35.2 Å². The number of nitrogens with one attached hydrogen (secondary N) is 1. The number of rotatable bonds is 4. The summed E-state index contributed by atoms with van der Waals surface area (Å²) in [5.41, 5.74) is -2.05. The first-order valence-electron chi connectivity index (χ1n) is 11.7. The van der Waals surface area contributed by atoms with Crippen molar-refractivity contribution in [3.8, 4) is 0 Å². The molecular formula is C17H23F3N2O. The largest absolute Gasteiger partial charge is 0.471 e. The summed E-state index contributed by atoms with van der Waals surface area (Å²) in [6, 6.07) is 3.56. The summed E-state index contributed by atoms with van der Waals surface area (Å²) in [7, 11) is 0. The third kappa shape index (κ3) is 5.23. The van der Waals surface area contributed by atoms with E-state index >= 15 is 0 Å². The van der Waals surface area contributed by atoms with Crippen LogP contribution < -0.4 is 5.31 Å². The summed E-state index contributed by atoms with van der Waals surface area (Å²) in [5.74, 6) is -3.06. The minimum atomic E-state index is -5.76. The molecule has 0 saturated carbocycles. The molecule has 0 aromatic heterocycles. The summed E-state index contributed by atoms with van der Waals surface area (Å²) < 4.78 is 122. The van der Waals surface area contributed by atoms with Gasteiger partial charge in [-0.2, -0.15) is 13.2 Å². The van der Waals surface area contributed by atoms with Gasteiger partial charge in [-0.05, 0) is 23.7 Å². The number of likely N-dealkylation sites (tertiary alicyclic amines) is 1. The van der Waals surface area contributed by atoms with E-state index in [0.29, 0.717) is 0 Å². The number of piperidine rings is 1. The molecule has 0 bridgehead atoms. The minimum Gasteiger partial charge on any atom is -0.347 e.